The Morgan fingerprint density at radius 1 is 1.04 bits per heavy atom. The highest BCUT2D eigenvalue weighted by molar-refractivity contribution is 7.89. The van der Waals surface area contributed by atoms with Crippen LogP contribution in [0.25, 0.3) is 11.3 Å². The van der Waals surface area contributed by atoms with Gasteiger partial charge in [-0.3, -0.25) is 4.68 Å². The second-order valence-electron chi connectivity index (χ2n) is 7.04. The van der Waals surface area contributed by atoms with Crippen molar-refractivity contribution in [3.05, 3.63) is 60.3 Å². The molecule has 0 unspecified atom stereocenters. The van der Waals surface area contributed by atoms with Crippen molar-refractivity contribution in [1.82, 2.24) is 24.1 Å². The normalized spacial score (nSPS) is 16.4. The lowest BCUT2D eigenvalue weighted by Crippen LogP contribution is -2.38. The van der Waals surface area contributed by atoms with E-state index < -0.39 is 10.0 Å². The van der Waals surface area contributed by atoms with Gasteiger partial charge in [0.25, 0.3) is 0 Å². The molecule has 1 fully saturated rings. The Kier molecular flexibility index (Phi) is 4.99. The molecule has 0 radical (unpaired) electrons. The number of piperidine rings is 1. The highest BCUT2D eigenvalue weighted by Crippen LogP contribution is 2.33. The van der Waals surface area contributed by atoms with Crippen LogP contribution in [0.3, 0.4) is 0 Å². The zero-order chi connectivity index (χ0) is 19.7. The number of nitrogens with zero attached hydrogens (tertiary/aromatic N) is 5. The quantitative estimate of drug-likeness (QED) is 0.676. The minimum Gasteiger partial charge on any atom is -0.268 e. The summed E-state index contributed by atoms with van der Waals surface area (Å²) in [6.07, 6.45) is 4.95. The largest absolute Gasteiger partial charge is 0.268 e. The summed E-state index contributed by atoms with van der Waals surface area (Å²) < 4.78 is 30.0. The zero-order valence-corrected chi connectivity index (χ0v) is 16.8. The molecule has 0 aliphatic carbocycles. The third-order valence-electron chi connectivity index (χ3n) is 5.27. The molecule has 7 nitrogen and oxygen atoms in total. The number of rotatable bonds is 4. The van der Waals surface area contributed by atoms with Gasteiger partial charge in [0.1, 0.15) is 5.82 Å². The molecule has 8 heteroatoms. The third kappa shape index (κ3) is 3.45. The summed E-state index contributed by atoms with van der Waals surface area (Å²) in [5, 5.41) is 4.18. The van der Waals surface area contributed by atoms with E-state index in [2.05, 4.69) is 15.1 Å². The maximum absolute atomic E-state index is 13.4. The fourth-order valence-electron chi connectivity index (χ4n) is 3.77. The summed E-state index contributed by atoms with van der Waals surface area (Å²) in [5.41, 5.74) is 2.46. The van der Waals surface area contributed by atoms with E-state index in [0.29, 0.717) is 23.5 Å². The Bertz CT molecular complexity index is 1090. The molecule has 2 aromatic heterocycles. The van der Waals surface area contributed by atoms with Crippen LogP contribution < -0.4 is 0 Å². The van der Waals surface area contributed by atoms with Crippen LogP contribution in [0.15, 0.2) is 53.7 Å². The first kappa shape index (κ1) is 18.8. The van der Waals surface area contributed by atoms with Gasteiger partial charge in [-0.15, -0.1) is 0 Å². The minimum atomic E-state index is -3.59. The first-order chi connectivity index (χ1) is 13.5. The minimum absolute atomic E-state index is 0.264. The Morgan fingerprint density at radius 2 is 1.79 bits per heavy atom. The number of hydrogen-bond donors (Lipinski definition) is 0. The molecule has 0 saturated carbocycles. The smallest absolute Gasteiger partial charge is 0.243 e. The van der Waals surface area contributed by atoms with Gasteiger partial charge in [-0.05, 0) is 38.0 Å². The van der Waals surface area contributed by atoms with Gasteiger partial charge in [0.05, 0.1) is 10.6 Å². The summed E-state index contributed by atoms with van der Waals surface area (Å²) >= 11 is 0. The molecular weight excluding hydrogens is 374 g/mol. The van der Waals surface area contributed by atoms with E-state index in [1.54, 1.807) is 33.5 Å². The summed E-state index contributed by atoms with van der Waals surface area (Å²) in [6.45, 7) is 2.84. The number of hydrogen-bond acceptors (Lipinski definition) is 5. The van der Waals surface area contributed by atoms with Crippen molar-refractivity contribution in [1.29, 1.82) is 0 Å². The zero-order valence-electron chi connectivity index (χ0n) is 16.0. The SMILES string of the molecule is Cc1nccc(C2CCN(S(=O)(=O)c3ccccc3-c3ccnn3C)CC2)n1. The lowest BCUT2D eigenvalue weighted by atomic mass is 9.94. The second kappa shape index (κ2) is 7.44. The fraction of sp³-hybridized carbons (Fsp3) is 0.350. The predicted molar refractivity (Wildman–Crippen MR) is 106 cm³/mol. The number of aryl methyl sites for hydroxylation is 2. The standard InChI is InChI=1S/C20H23N5O2S/c1-15-21-11-7-18(23-15)16-9-13-25(14-10-16)28(26,27)20-6-4-3-5-17(20)19-8-12-22-24(19)2/h3-8,11-12,16H,9-10,13-14H2,1-2H3. The van der Waals surface area contributed by atoms with Crippen LogP contribution >= 0.6 is 0 Å². The molecule has 0 N–H and O–H groups in total. The Hall–Kier alpha value is -2.58. The average Bonchev–Trinajstić information content (AvgIpc) is 3.14. The number of benzene rings is 1. The lowest BCUT2D eigenvalue weighted by Gasteiger charge is -2.31. The van der Waals surface area contributed by atoms with Crippen LogP contribution in [0.4, 0.5) is 0 Å². The first-order valence-corrected chi connectivity index (χ1v) is 10.8. The van der Waals surface area contributed by atoms with E-state index in [4.69, 9.17) is 0 Å². The predicted octanol–water partition coefficient (Wildman–Crippen LogP) is 2.75. The summed E-state index contributed by atoms with van der Waals surface area (Å²) in [7, 11) is -1.78. The van der Waals surface area contributed by atoms with Crippen molar-refractivity contribution in [2.24, 2.45) is 7.05 Å². The van der Waals surface area contributed by atoms with Crippen molar-refractivity contribution in [2.45, 2.75) is 30.6 Å². The van der Waals surface area contributed by atoms with E-state index >= 15 is 0 Å². The molecule has 3 heterocycles. The monoisotopic (exact) mass is 397 g/mol. The van der Waals surface area contributed by atoms with Crippen LogP contribution in [0.5, 0.6) is 0 Å². The van der Waals surface area contributed by atoms with Crippen molar-refractivity contribution in [3.63, 3.8) is 0 Å². The van der Waals surface area contributed by atoms with Gasteiger partial charge in [0, 0.05) is 49.7 Å². The van der Waals surface area contributed by atoms with Gasteiger partial charge in [-0.1, -0.05) is 18.2 Å². The molecule has 4 rings (SSSR count). The highest BCUT2D eigenvalue weighted by Gasteiger charge is 2.32. The molecule has 1 saturated heterocycles. The van der Waals surface area contributed by atoms with Crippen LogP contribution in [-0.2, 0) is 17.1 Å². The molecule has 0 amide bonds. The number of sulfonamides is 1. The van der Waals surface area contributed by atoms with Crippen molar-refractivity contribution < 1.29 is 8.42 Å². The molecule has 0 spiro atoms. The molecular formula is C20H23N5O2S. The molecule has 3 aromatic rings. The van der Waals surface area contributed by atoms with E-state index in [1.807, 2.05) is 38.2 Å². The van der Waals surface area contributed by atoms with Crippen molar-refractivity contribution in [3.8, 4) is 11.3 Å². The van der Waals surface area contributed by atoms with Crippen LogP contribution in [0.2, 0.25) is 0 Å². The van der Waals surface area contributed by atoms with Gasteiger partial charge < -0.3 is 0 Å². The van der Waals surface area contributed by atoms with E-state index in [9.17, 15) is 8.42 Å². The third-order valence-corrected chi connectivity index (χ3v) is 7.23. The Labute approximate surface area is 165 Å². The molecule has 1 aromatic carbocycles. The maximum atomic E-state index is 13.4. The van der Waals surface area contributed by atoms with Gasteiger partial charge in [-0.25, -0.2) is 18.4 Å². The van der Waals surface area contributed by atoms with Crippen LogP contribution in [0, 0.1) is 6.92 Å². The van der Waals surface area contributed by atoms with Crippen molar-refractivity contribution in [2.75, 3.05) is 13.1 Å². The summed E-state index contributed by atoms with van der Waals surface area (Å²) in [5.74, 6) is 1.01. The Morgan fingerprint density at radius 3 is 2.46 bits per heavy atom. The highest BCUT2D eigenvalue weighted by atomic mass is 32.2. The van der Waals surface area contributed by atoms with Crippen molar-refractivity contribution >= 4 is 10.0 Å². The topological polar surface area (TPSA) is 81.0 Å². The maximum Gasteiger partial charge on any atom is 0.243 e. The molecule has 0 atom stereocenters. The van der Waals surface area contributed by atoms with Gasteiger partial charge in [0.2, 0.25) is 10.0 Å². The summed E-state index contributed by atoms with van der Waals surface area (Å²) in [4.78, 5) is 8.98. The Balaban J connectivity index is 1.59. The second-order valence-corrected chi connectivity index (χ2v) is 8.95. The molecule has 0 bridgehead atoms. The molecule has 146 valence electrons. The van der Waals surface area contributed by atoms with Crippen LogP contribution in [-0.4, -0.2) is 45.6 Å². The lowest BCUT2D eigenvalue weighted by molar-refractivity contribution is 0.316. The van der Waals surface area contributed by atoms with Crippen LogP contribution in [0.1, 0.15) is 30.3 Å². The molecule has 1 aliphatic heterocycles. The van der Waals surface area contributed by atoms with Gasteiger partial charge in [0.15, 0.2) is 0 Å². The van der Waals surface area contributed by atoms with Gasteiger partial charge in [-0.2, -0.15) is 9.40 Å². The fourth-order valence-corrected chi connectivity index (χ4v) is 5.44. The number of aromatic nitrogens is 4. The summed E-state index contributed by atoms with van der Waals surface area (Å²) in [6, 6.07) is 10.9. The van der Waals surface area contributed by atoms with E-state index in [1.165, 1.54) is 0 Å². The van der Waals surface area contributed by atoms with Gasteiger partial charge >= 0.3 is 0 Å². The van der Waals surface area contributed by atoms with E-state index in [0.717, 1.165) is 30.1 Å². The first-order valence-electron chi connectivity index (χ1n) is 9.34. The van der Waals surface area contributed by atoms with E-state index in [-0.39, 0.29) is 5.92 Å². The average molecular weight is 398 g/mol. The molecule has 28 heavy (non-hydrogen) atoms. The molecule has 1 aliphatic rings.